The number of pyridine rings is 1. The van der Waals surface area contributed by atoms with Crippen LogP contribution in [0.3, 0.4) is 0 Å². The topological polar surface area (TPSA) is 31.4 Å². The van der Waals surface area contributed by atoms with Gasteiger partial charge in [0.05, 0.1) is 16.8 Å². The minimum absolute atomic E-state index is 0.257. The largest absolute Gasteiger partial charge is 0.457 e. The van der Waals surface area contributed by atoms with E-state index in [9.17, 15) is 0 Å². The van der Waals surface area contributed by atoms with Crippen molar-refractivity contribution in [3.05, 3.63) is 65.5 Å². The number of hydrogen-bond donors (Lipinski definition) is 0. The minimum atomic E-state index is 0.257. The Morgan fingerprint density at radius 2 is 1.86 bits per heavy atom. The summed E-state index contributed by atoms with van der Waals surface area (Å²) in [4.78, 5) is 4.76. The van der Waals surface area contributed by atoms with E-state index in [-0.39, 0.29) is 6.79 Å². The Balaban J connectivity index is 1.93. The maximum Gasteiger partial charge on any atom is 0.231 e. The molecule has 4 rings (SSSR count). The maximum atomic E-state index is 5.65. The highest BCUT2D eigenvalue weighted by Crippen LogP contribution is 2.40. The average Bonchev–Trinajstić information content (AvgIpc) is 2.53. The Bertz CT molecular complexity index is 812. The van der Waals surface area contributed by atoms with Crippen LogP contribution in [0.5, 0.6) is 11.5 Å². The zero-order valence-corrected chi connectivity index (χ0v) is 11.8. The Labute approximate surface area is 123 Å². The van der Waals surface area contributed by atoms with Gasteiger partial charge in [0, 0.05) is 11.8 Å². The summed E-state index contributed by atoms with van der Waals surface area (Å²) < 4.78 is 11.3. The van der Waals surface area contributed by atoms with Crippen LogP contribution in [0.2, 0.25) is 0 Å². The minimum Gasteiger partial charge on any atom is -0.457 e. The Kier molecular flexibility index (Phi) is 2.78. The second-order valence-corrected chi connectivity index (χ2v) is 5.22. The molecule has 3 heteroatoms. The van der Waals surface area contributed by atoms with Crippen molar-refractivity contribution in [3.8, 4) is 11.5 Å². The van der Waals surface area contributed by atoms with Crippen molar-refractivity contribution >= 4 is 10.8 Å². The molecule has 3 aromatic rings. The molecule has 1 aliphatic heterocycles. The highest BCUT2D eigenvalue weighted by atomic mass is 16.7. The summed E-state index contributed by atoms with van der Waals surface area (Å²) in [7, 11) is 0. The first-order valence-corrected chi connectivity index (χ1v) is 7.04. The SMILES string of the molecule is Cc1nc(Cc2ccccc2)c2cccc3c2c1OCO3. The van der Waals surface area contributed by atoms with E-state index < -0.39 is 0 Å². The van der Waals surface area contributed by atoms with Crippen molar-refractivity contribution < 1.29 is 9.47 Å². The van der Waals surface area contributed by atoms with E-state index in [1.165, 1.54) is 5.56 Å². The third-order valence-electron chi connectivity index (χ3n) is 3.83. The van der Waals surface area contributed by atoms with E-state index in [2.05, 4.69) is 30.3 Å². The number of nitrogens with zero attached hydrogens (tertiary/aromatic N) is 1. The number of hydrogen-bond acceptors (Lipinski definition) is 3. The Morgan fingerprint density at radius 1 is 1.00 bits per heavy atom. The van der Waals surface area contributed by atoms with Crippen LogP contribution < -0.4 is 9.47 Å². The molecule has 3 nitrogen and oxygen atoms in total. The number of aryl methyl sites for hydroxylation is 1. The summed E-state index contributed by atoms with van der Waals surface area (Å²) in [5, 5.41) is 2.15. The van der Waals surface area contributed by atoms with E-state index >= 15 is 0 Å². The molecule has 0 spiro atoms. The van der Waals surface area contributed by atoms with Crippen LogP contribution in [0, 0.1) is 6.92 Å². The fourth-order valence-corrected chi connectivity index (χ4v) is 2.87. The van der Waals surface area contributed by atoms with Crippen molar-refractivity contribution in [1.29, 1.82) is 0 Å². The molecular weight excluding hydrogens is 262 g/mol. The molecule has 1 aliphatic rings. The third kappa shape index (κ3) is 2.02. The van der Waals surface area contributed by atoms with Gasteiger partial charge in [-0.1, -0.05) is 42.5 Å². The van der Waals surface area contributed by atoms with Crippen LogP contribution in [0.15, 0.2) is 48.5 Å². The molecule has 0 atom stereocenters. The van der Waals surface area contributed by atoms with E-state index in [1.807, 2.05) is 25.1 Å². The summed E-state index contributed by atoms with van der Waals surface area (Å²) in [6.07, 6.45) is 0.807. The van der Waals surface area contributed by atoms with E-state index in [1.54, 1.807) is 0 Å². The van der Waals surface area contributed by atoms with E-state index in [0.29, 0.717) is 0 Å². The number of benzene rings is 2. The van der Waals surface area contributed by atoms with Gasteiger partial charge in [-0.05, 0) is 18.6 Å². The molecule has 0 amide bonds. The van der Waals surface area contributed by atoms with Crippen molar-refractivity contribution in [1.82, 2.24) is 4.98 Å². The Hall–Kier alpha value is -2.55. The van der Waals surface area contributed by atoms with Crippen LogP contribution in [-0.4, -0.2) is 11.8 Å². The van der Waals surface area contributed by atoms with Gasteiger partial charge in [0.15, 0.2) is 5.75 Å². The summed E-state index contributed by atoms with van der Waals surface area (Å²) in [6.45, 7) is 2.25. The van der Waals surface area contributed by atoms with Crippen LogP contribution in [-0.2, 0) is 6.42 Å². The van der Waals surface area contributed by atoms with Crippen LogP contribution in [0.4, 0.5) is 0 Å². The van der Waals surface area contributed by atoms with Gasteiger partial charge >= 0.3 is 0 Å². The first kappa shape index (κ1) is 12.2. The highest BCUT2D eigenvalue weighted by molar-refractivity contribution is 5.96. The van der Waals surface area contributed by atoms with Gasteiger partial charge in [0.1, 0.15) is 5.75 Å². The molecule has 2 aromatic carbocycles. The fraction of sp³-hybridized carbons (Fsp3) is 0.167. The molecule has 0 radical (unpaired) electrons. The predicted octanol–water partition coefficient (Wildman–Crippen LogP) is 3.86. The number of aromatic nitrogens is 1. The summed E-state index contributed by atoms with van der Waals surface area (Å²) >= 11 is 0. The third-order valence-corrected chi connectivity index (χ3v) is 3.83. The lowest BCUT2D eigenvalue weighted by Gasteiger charge is -2.21. The average molecular weight is 277 g/mol. The molecule has 0 N–H and O–H groups in total. The van der Waals surface area contributed by atoms with Crippen molar-refractivity contribution in [2.75, 3.05) is 6.79 Å². The second-order valence-electron chi connectivity index (χ2n) is 5.22. The molecule has 0 unspecified atom stereocenters. The molecule has 2 heterocycles. The maximum absolute atomic E-state index is 5.65. The fourth-order valence-electron chi connectivity index (χ4n) is 2.87. The molecule has 0 saturated carbocycles. The van der Waals surface area contributed by atoms with Gasteiger partial charge < -0.3 is 9.47 Å². The van der Waals surface area contributed by atoms with Gasteiger partial charge in [0.2, 0.25) is 6.79 Å². The van der Waals surface area contributed by atoms with Crippen LogP contribution >= 0.6 is 0 Å². The first-order chi connectivity index (χ1) is 10.3. The van der Waals surface area contributed by atoms with E-state index in [4.69, 9.17) is 14.5 Å². The van der Waals surface area contributed by atoms with Gasteiger partial charge in [0.25, 0.3) is 0 Å². The standard InChI is InChI=1S/C18H15NO2/c1-12-18-17-14(8-5-9-16(17)20-11-21-18)15(19-12)10-13-6-3-2-4-7-13/h2-9H,10-11H2,1H3. The number of ether oxygens (including phenoxy) is 2. The highest BCUT2D eigenvalue weighted by Gasteiger charge is 2.20. The van der Waals surface area contributed by atoms with Crippen LogP contribution in [0.25, 0.3) is 10.8 Å². The molecule has 0 aliphatic carbocycles. The quantitative estimate of drug-likeness (QED) is 0.712. The van der Waals surface area contributed by atoms with Crippen molar-refractivity contribution in [2.24, 2.45) is 0 Å². The van der Waals surface area contributed by atoms with Crippen LogP contribution in [0.1, 0.15) is 17.0 Å². The van der Waals surface area contributed by atoms with Crippen molar-refractivity contribution in [2.45, 2.75) is 13.3 Å². The summed E-state index contributed by atoms with van der Waals surface area (Å²) in [6, 6.07) is 16.5. The van der Waals surface area contributed by atoms with Crippen molar-refractivity contribution in [3.63, 3.8) is 0 Å². The molecular formula is C18H15NO2. The first-order valence-electron chi connectivity index (χ1n) is 7.04. The lowest BCUT2D eigenvalue weighted by Crippen LogP contribution is -2.13. The molecule has 0 fully saturated rings. The summed E-state index contributed by atoms with van der Waals surface area (Å²) in [5.74, 6) is 1.73. The lowest BCUT2D eigenvalue weighted by molar-refractivity contribution is 0.111. The van der Waals surface area contributed by atoms with E-state index in [0.717, 1.165) is 40.1 Å². The monoisotopic (exact) mass is 277 g/mol. The summed E-state index contributed by atoms with van der Waals surface area (Å²) in [5.41, 5.74) is 3.24. The smallest absolute Gasteiger partial charge is 0.231 e. The normalized spacial score (nSPS) is 12.8. The van der Waals surface area contributed by atoms with Gasteiger partial charge in [-0.15, -0.1) is 0 Å². The van der Waals surface area contributed by atoms with Gasteiger partial charge in [-0.2, -0.15) is 0 Å². The molecule has 21 heavy (non-hydrogen) atoms. The lowest BCUT2D eigenvalue weighted by atomic mass is 10.0. The molecule has 0 saturated heterocycles. The molecule has 104 valence electrons. The predicted molar refractivity (Wildman–Crippen MR) is 81.9 cm³/mol. The number of rotatable bonds is 2. The zero-order chi connectivity index (χ0) is 14.2. The second kappa shape index (κ2) is 4.77. The Morgan fingerprint density at radius 3 is 2.71 bits per heavy atom. The zero-order valence-electron chi connectivity index (χ0n) is 11.8. The van der Waals surface area contributed by atoms with Gasteiger partial charge in [-0.3, -0.25) is 4.98 Å². The molecule has 0 bridgehead atoms. The van der Waals surface area contributed by atoms with Gasteiger partial charge in [-0.25, -0.2) is 0 Å². The molecule has 1 aromatic heterocycles.